The van der Waals surface area contributed by atoms with Gasteiger partial charge >= 0.3 is 0 Å². The molecule has 0 aliphatic carbocycles. The number of hydrogen-bond donors (Lipinski definition) is 1. The van der Waals surface area contributed by atoms with Crippen LogP contribution >= 0.6 is 0 Å². The second kappa shape index (κ2) is 7.94. The van der Waals surface area contributed by atoms with E-state index in [1.807, 2.05) is 24.3 Å². The summed E-state index contributed by atoms with van der Waals surface area (Å²) in [4.78, 5) is 26.6. The van der Waals surface area contributed by atoms with E-state index in [1.54, 1.807) is 7.11 Å². The molecule has 7 heteroatoms. The largest absolute Gasteiger partial charge is 0.383 e. The maximum Gasteiger partial charge on any atom is 0.276 e. The van der Waals surface area contributed by atoms with Crippen molar-refractivity contribution in [3.05, 3.63) is 52.4 Å². The summed E-state index contributed by atoms with van der Waals surface area (Å²) in [6.07, 6.45) is 2.32. The summed E-state index contributed by atoms with van der Waals surface area (Å²) < 4.78 is 6.20. The zero-order chi connectivity index (χ0) is 17.6. The second-order valence-corrected chi connectivity index (χ2v) is 5.94. The molecule has 0 saturated carbocycles. The molecular weight excluding hydrogens is 320 g/mol. The number of ether oxygens (including phenoxy) is 1. The Balaban J connectivity index is 1.80. The van der Waals surface area contributed by atoms with Crippen molar-refractivity contribution in [3.8, 4) is 0 Å². The fourth-order valence-electron chi connectivity index (χ4n) is 2.91. The Bertz CT molecular complexity index is 797. The molecule has 1 amide bonds. The van der Waals surface area contributed by atoms with E-state index in [0.717, 1.165) is 37.3 Å². The van der Waals surface area contributed by atoms with Crippen LogP contribution < -0.4 is 15.8 Å². The van der Waals surface area contributed by atoms with E-state index in [-0.39, 0.29) is 17.2 Å². The van der Waals surface area contributed by atoms with E-state index in [2.05, 4.69) is 15.3 Å². The Hall–Kier alpha value is -2.67. The highest BCUT2D eigenvalue weighted by atomic mass is 16.5. The van der Waals surface area contributed by atoms with Gasteiger partial charge in [0.1, 0.15) is 5.69 Å². The first-order chi connectivity index (χ1) is 12.2. The van der Waals surface area contributed by atoms with Gasteiger partial charge in [-0.05, 0) is 31.0 Å². The van der Waals surface area contributed by atoms with Crippen LogP contribution in [0.15, 0.2) is 41.2 Å². The van der Waals surface area contributed by atoms with E-state index >= 15 is 0 Å². The normalized spacial score (nSPS) is 13.9. The van der Waals surface area contributed by atoms with Gasteiger partial charge in [0.25, 0.3) is 11.5 Å². The third kappa shape index (κ3) is 4.06. The fourth-order valence-corrected chi connectivity index (χ4v) is 2.91. The molecule has 1 fully saturated rings. The fraction of sp³-hybridized carbons (Fsp3) is 0.389. The number of aromatic nitrogens is 2. The standard InChI is InChI=1S/C18H22N4O3/c1-25-13-12-22-17(23)9-8-15(20-22)18(24)19-14-6-2-3-7-16(14)21-10-4-5-11-21/h2-3,6-9H,4-5,10-13H2,1H3,(H,19,24). The number of rotatable bonds is 6. The number of nitrogens with one attached hydrogen (secondary N) is 1. The molecule has 1 aliphatic rings. The lowest BCUT2D eigenvalue weighted by atomic mass is 10.2. The lowest BCUT2D eigenvalue weighted by Gasteiger charge is -2.21. The van der Waals surface area contributed by atoms with Gasteiger partial charge in [-0.2, -0.15) is 5.10 Å². The Morgan fingerprint density at radius 2 is 1.96 bits per heavy atom. The Morgan fingerprint density at radius 3 is 2.72 bits per heavy atom. The molecule has 0 unspecified atom stereocenters. The van der Waals surface area contributed by atoms with E-state index in [0.29, 0.717) is 13.2 Å². The Labute approximate surface area is 146 Å². The van der Waals surface area contributed by atoms with Crippen molar-refractivity contribution < 1.29 is 9.53 Å². The minimum absolute atomic E-state index is 0.201. The average molecular weight is 342 g/mol. The van der Waals surface area contributed by atoms with Crippen LogP contribution in [0.4, 0.5) is 11.4 Å². The van der Waals surface area contributed by atoms with Crippen LogP contribution in [0.3, 0.4) is 0 Å². The third-order valence-electron chi connectivity index (χ3n) is 4.21. The molecule has 7 nitrogen and oxygen atoms in total. The van der Waals surface area contributed by atoms with Gasteiger partial charge in [-0.15, -0.1) is 0 Å². The second-order valence-electron chi connectivity index (χ2n) is 5.94. The van der Waals surface area contributed by atoms with Crippen LogP contribution in [-0.4, -0.2) is 42.5 Å². The predicted octanol–water partition coefficient (Wildman–Crippen LogP) is 1.74. The zero-order valence-corrected chi connectivity index (χ0v) is 14.3. The molecule has 3 rings (SSSR count). The van der Waals surface area contributed by atoms with Crippen molar-refractivity contribution in [2.24, 2.45) is 0 Å². The molecule has 0 spiro atoms. The molecule has 1 N–H and O–H groups in total. The van der Waals surface area contributed by atoms with Crippen molar-refractivity contribution >= 4 is 17.3 Å². The van der Waals surface area contributed by atoms with Crippen LogP contribution in [-0.2, 0) is 11.3 Å². The number of nitrogens with zero attached hydrogens (tertiary/aromatic N) is 3. The summed E-state index contributed by atoms with van der Waals surface area (Å²) in [6, 6.07) is 10.5. The molecule has 0 bridgehead atoms. The summed E-state index contributed by atoms with van der Waals surface area (Å²) in [5.41, 5.74) is 1.71. The van der Waals surface area contributed by atoms with Crippen molar-refractivity contribution in [3.63, 3.8) is 0 Å². The summed E-state index contributed by atoms with van der Waals surface area (Å²) in [5.74, 6) is -0.335. The number of hydrogen-bond acceptors (Lipinski definition) is 5. The molecule has 1 aliphatic heterocycles. The van der Waals surface area contributed by atoms with Crippen LogP contribution in [0.5, 0.6) is 0 Å². The lowest BCUT2D eigenvalue weighted by molar-refractivity contribution is 0.101. The summed E-state index contributed by atoms with van der Waals surface area (Å²) in [7, 11) is 1.55. The number of amides is 1. The van der Waals surface area contributed by atoms with E-state index in [4.69, 9.17) is 4.74 Å². The van der Waals surface area contributed by atoms with Gasteiger partial charge in [0, 0.05) is 26.3 Å². The Kier molecular flexibility index (Phi) is 5.45. The maximum absolute atomic E-state index is 12.6. The van der Waals surface area contributed by atoms with Crippen LogP contribution in [0, 0.1) is 0 Å². The molecule has 1 aromatic carbocycles. The molecule has 0 atom stereocenters. The minimum Gasteiger partial charge on any atom is -0.383 e. The van der Waals surface area contributed by atoms with Crippen LogP contribution in [0.2, 0.25) is 0 Å². The molecule has 0 radical (unpaired) electrons. The monoisotopic (exact) mass is 342 g/mol. The number of carbonyl (C=O) groups excluding carboxylic acids is 1. The smallest absolute Gasteiger partial charge is 0.276 e. The molecule has 25 heavy (non-hydrogen) atoms. The van der Waals surface area contributed by atoms with Crippen LogP contribution in [0.1, 0.15) is 23.3 Å². The Morgan fingerprint density at radius 1 is 1.20 bits per heavy atom. The van der Waals surface area contributed by atoms with E-state index in [1.165, 1.54) is 16.8 Å². The topological polar surface area (TPSA) is 76.5 Å². The van der Waals surface area contributed by atoms with Gasteiger partial charge in [-0.3, -0.25) is 9.59 Å². The number of methoxy groups -OCH3 is 1. The number of benzene rings is 1. The summed E-state index contributed by atoms with van der Waals surface area (Å²) in [5, 5.41) is 7.05. The van der Waals surface area contributed by atoms with Crippen molar-refractivity contribution in [1.29, 1.82) is 0 Å². The third-order valence-corrected chi connectivity index (χ3v) is 4.21. The van der Waals surface area contributed by atoms with Crippen molar-refractivity contribution in [2.45, 2.75) is 19.4 Å². The van der Waals surface area contributed by atoms with Crippen molar-refractivity contribution in [2.75, 3.05) is 37.0 Å². The number of para-hydroxylation sites is 2. The van der Waals surface area contributed by atoms with Gasteiger partial charge < -0.3 is 15.0 Å². The van der Waals surface area contributed by atoms with Gasteiger partial charge in [-0.25, -0.2) is 4.68 Å². The molecule has 2 aromatic rings. The van der Waals surface area contributed by atoms with Gasteiger partial charge in [0.15, 0.2) is 0 Å². The van der Waals surface area contributed by atoms with Gasteiger partial charge in [0.2, 0.25) is 0 Å². The average Bonchev–Trinajstić information content (AvgIpc) is 3.16. The summed E-state index contributed by atoms with van der Waals surface area (Å²) in [6.45, 7) is 2.65. The highest BCUT2D eigenvalue weighted by Gasteiger charge is 2.17. The molecule has 132 valence electrons. The van der Waals surface area contributed by atoms with E-state index in [9.17, 15) is 9.59 Å². The zero-order valence-electron chi connectivity index (χ0n) is 14.3. The highest BCUT2D eigenvalue weighted by Crippen LogP contribution is 2.28. The first kappa shape index (κ1) is 17.2. The lowest BCUT2D eigenvalue weighted by Crippen LogP contribution is -2.28. The minimum atomic E-state index is -0.335. The maximum atomic E-state index is 12.6. The SMILES string of the molecule is COCCn1nc(C(=O)Nc2ccccc2N2CCCC2)ccc1=O. The molecule has 1 aromatic heterocycles. The predicted molar refractivity (Wildman–Crippen MR) is 96.2 cm³/mol. The highest BCUT2D eigenvalue weighted by molar-refractivity contribution is 6.04. The van der Waals surface area contributed by atoms with Gasteiger partial charge in [-0.1, -0.05) is 12.1 Å². The van der Waals surface area contributed by atoms with Crippen molar-refractivity contribution in [1.82, 2.24) is 9.78 Å². The molecular formula is C18H22N4O3. The quantitative estimate of drug-likeness (QED) is 0.865. The van der Waals surface area contributed by atoms with E-state index < -0.39 is 0 Å². The first-order valence-electron chi connectivity index (χ1n) is 8.41. The number of carbonyl (C=O) groups is 1. The molecule has 1 saturated heterocycles. The molecule has 2 heterocycles. The first-order valence-corrected chi connectivity index (χ1v) is 8.41. The number of anilines is 2. The van der Waals surface area contributed by atoms with Crippen LogP contribution in [0.25, 0.3) is 0 Å². The van der Waals surface area contributed by atoms with Gasteiger partial charge in [0.05, 0.1) is 24.5 Å². The summed E-state index contributed by atoms with van der Waals surface area (Å²) >= 11 is 0.